The van der Waals surface area contributed by atoms with Crippen molar-refractivity contribution in [2.45, 2.75) is 19.4 Å². The Morgan fingerprint density at radius 2 is 2.33 bits per heavy atom. The topological polar surface area (TPSA) is 50.4 Å². The Hall–Kier alpha value is -0.430. The Morgan fingerprint density at radius 3 is 2.94 bits per heavy atom. The maximum Gasteiger partial charge on any atom is 0.234 e. The highest BCUT2D eigenvalue weighted by molar-refractivity contribution is 9.11. The Balaban J connectivity index is 2.08. The van der Waals surface area contributed by atoms with Crippen LogP contribution in [0.15, 0.2) is 15.9 Å². The van der Waals surface area contributed by atoms with Crippen molar-refractivity contribution in [3.8, 4) is 0 Å². The minimum Gasteiger partial charge on any atom is -0.383 e. The molecule has 1 aromatic heterocycles. The normalized spacial score (nSPS) is 12.4. The van der Waals surface area contributed by atoms with Gasteiger partial charge in [-0.25, -0.2) is 0 Å². The van der Waals surface area contributed by atoms with Crippen LogP contribution in [0, 0.1) is 0 Å². The molecule has 0 bridgehead atoms. The van der Waals surface area contributed by atoms with Crippen LogP contribution >= 0.6 is 27.3 Å². The van der Waals surface area contributed by atoms with Gasteiger partial charge in [-0.1, -0.05) is 0 Å². The number of halogens is 1. The first kappa shape index (κ1) is 15.6. The second kappa shape index (κ2) is 8.63. The third-order valence-electron chi connectivity index (χ3n) is 2.29. The zero-order valence-electron chi connectivity index (χ0n) is 10.7. The lowest BCUT2D eigenvalue weighted by atomic mass is 10.3. The molecule has 0 fully saturated rings. The molecule has 6 heteroatoms. The van der Waals surface area contributed by atoms with Gasteiger partial charge < -0.3 is 15.4 Å². The Labute approximate surface area is 120 Å². The molecule has 1 unspecified atom stereocenters. The lowest BCUT2D eigenvalue weighted by Crippen LogP contribution is -2.41. The first-order chi connectivity index (χ1) is 8.61. The van der Waals surface area contributed by atoms with E-state index in [1.54, 1.807) is 18.4 Å². The molecule has 0 radical (unpaired) electrons. The van der Waals surface area contributed by atoms with Crippen LogP contribution in [0.3, 0.4) is 0 Å². The smallest absolute Gasteiger partial charge is 0.234 e. The number of ether oxygens (including phenoxy) is 1. The highest BCUT2D eigenvalue weighted by Gasteiger charge is 2.06. The third kappa shape index (κ3) is 6.49. The molecule has 102 valence electrons. The van der Waals surface area contributed by atoms with Crippen LogP contribution in [0.4, 0.5) is 0 Å². The van der Waals surface area contributed by atoms with Crippen LogP contribution in [0.1, 0.15) is 11.8 Å². The van der Waals surface area contributed by atoms with Crippen LogP contribution < -0.4 is 10.6 Å². The standard InChI is InChI=1S/C12H19BrN2O2S/c1-9(8-17-2)15-12(16)7-14-6-5-10-3-4-11(13)18-10/h3-4,9,14H,5-8H2,1-2H3,(H,15,16). The van der Waals surface area contributed by atoms with Gasteiger partial charge >= 0.3 is 0 Å². The predicted molar refractivity (Wildman–Crippen MR) is 78.1 cm³/mol. The average Bonchev–Trinajstić information content (AvgIpc) is 2.71. The number of thiophene rings is 1. The quantitative estimate of drug-likeness (QED) is 0.712. The molecule has 0 aromatic carbocycles. The van der Waals surface area contributed by atoms with E-state index in [4.69, 9.17) is 4.74 Å². The molecule has 1 amide bonds. The van der Waals surface area contributed by atoms with E-state index in [1.807, 2.05) is 13.0 Å². The fourth-order valence-corrected chi connectivity index (χ4v) is 3.00. The van der Waals surface area contributed by atoms with Gasteiger partial charge in [-0.15, -0.1) is 11.3 Å². The third-order valence-corrected chi connectivity index (χ3v) is 3.97. The highest BCUT2D eigenvalue weighted by atomic mass is 79.9. The summed E-state index contributed by atoms with van der Waals surface area (Å²) in [5.41, 5.74) is 0. The molecule has 2 N–H and O–H groups in total. The molecular weight excluding hydrogens is 316 g/mol. The van der Waals surface area contributed by atoms with Gasteiger partial charge in [0, 0.05) is 24.6 Å². The van der Waals surface area contributed by atoms with Crippen LogP contribution in [0.25, 0.3) is 0 Å². The summed E-state index contributed by atoms with van der Waals surface area (Å²) >= 11 is 5.15. The Bertz CT molecular complexity index is 371. The van der Waals surface area contributed by atoms with Gasteiger partial charge in [0.25, 0.3) is 0 Å². The van der Waals surface area contributed by atoms with Gasteiger partial charge in [0.15, 0.2) is 0 Å². The van der Waals surface area contributed by atoms with Crippen molar-refractivity contribution in [1.82, 2.24) is 10.6 Å². The first-order valence-corrected chi connectivity index (χ1v) is 7.46. The summed E-state index contributed by atoms with van der Waals surface area (Å²) in [5, 5.41) is 5.98. The minimum absolute atomic E-state index is 0.00640. The molecule has 1 aromatic rings. The largest absolute Gasteiger partial charge is 0.383 e. The van der Waals surface area contributed by atoms with Crippen LogP contribution in [-0.2, 0) is 16.0 Å². The SMILES string of the molecule is COCC(C)NC(=O)CNCCc1ccc(Br)s1. The van der Waals surface area contributed by atoms with Gasteiger partial charge in [0.1, 0.15) is 0 Å². The summed E-state index contributed by atoms with van der Waals surface area (Å²) in [7, 11) is 1.63. The van der Waals surface area contributed by atoms with Crippen molar-refractivity contribution >= 4 is 33.2 Å². The second-order valence-corrected chi connectivity index (χ2v) is 6.60. The van der Waals surface area contributed by atoms with E-state index < -0.39 is 0 Å². The first-order valence-electron chi connectivity index (χ1n) is 5.85. The molecule has 1 atom stereocenters. The van der Waals surface area contributed by atoms with Crippen molar-refractivity contribution < 1.29 is 9.53 Å². The van der Waals surface area contributed by atoms with Gasteiger partial charge in [-0.3, -0.25) is 4.79 Å². The molecule has 0 spiro atoms. The van der Waals surface area contributed by atoms with Gasteiger partial charge in [-0.2, -0.15) is 0 Å². The number of carbonyl (C=O) groups excluding carboxylic acids is 1. The van der Waals surface area contributed by atoms with E-state index >= 15 is 0 Å². The fourth-order valence-electron chi connectivity index (χ4n) is 1.52. The summed E-state index contributed by atoms with van der Waals surface area (Å²) < 4.78 is 6.09. The fraction of sp³-hybridized carbons (Fsp3) is 0.583. The molecule has 4 nitrogen and oxygen atoms in total. The Morgan fingerprint density at radius 1 is 1.56 bits per heavy atom. The lowest BCUT2D eigenvalue weighted by Gasteiger charge is -2.12. The lowest BCUT2D eigenvalue weighted by molar-refractivity contribution is -0.121. The molecule has 0 aliphatic heterocycles. The number of methoxy groups -OCH3 is 1. The zero-order valence-corrected chi connectivity index (χ0v) is 13.1. The van der Waals surface area contributed by atoms with Crippen LogP contribution in [0.2, 0.25) is 0 Å². The van der Waals surface area contributed by atoms with Gasteiger partial charge in [0.2, 0.25) is 5.91 Å². The monoisotopic (exact) mass is 334 g/mol. The van der Waals surface area contributed by atoms with E-state index in [-0.39, 0.29) is 11.9 Å². The zero-order chi connectivity index (χ0) is 13.4. The highest BCUT2D eigenvalue weighted by Crippen LogP contribution is 2.21. The van der Waals surface area contributed by atoms with Crippen LogP contribution in [0.5, 0.6) is 0 Å². The average molecular weight is 335 g/mol. The number of rotatable bonds is 8. The number of carbonyl (C=O) groups is 1. The number of hydrogen-bond donors (Lipinski definition) is 2. The van der Waals surface area contributed by atoms with Crippen molar-refractivity contribution in [2.75, 3.05) is 26.8 Å². The summed E-state index contributed by atoms with van der Waals surface area (Å²) in [5.74, 6) is 0.00640. The summed E-state index contributed by atoms with van der Waals surface area (Å²) in [6, 6.07) is 4.19. The van der Waals surface area contributed by atoms with Crippen molar-refractivity contribution in [3.05, 3.63) is 20.8 Å². The molecule has 18 heavy (non-hydrogen) atoms. The molecule has 0 aliphatic carbocycles. The van der Waals surface area contributed by atoms with E-state index in [1.165, 1.54) is 4.88 Å². The van der Waals surface area contributed by atoms with Crippen molar-refractivity contribution in [3.63, 3.8) is 0 Å². The summed E-state index contributed by atoms with van der Waals surface area (Å²) in [4.78, 5) is 12.8. The molecular formula is C12H19BrN2O2S. The number of nitrogens with one attached hydrogen (secondary N) is 2. The summed E-state index contributed by atoms with van der Waals surface area (Å²) in [6.07, 6.45) is 0.942. The van der Waals surface area contributed by atoms with E-state index in [0.29, 0.717) is 13.2 Å². The molecule has 0 saturated heterocycles. The second-order valence-electron chi connectivity index (χ2n) is 4.06. The van der Waals surface area contributed by atoms with E-state index in [9.17, 15) is 4.79 Å². The summed E-state index contributed by atoms with van der Waals surface area (Å²) in [6.45, 7) is 3.61. The van der Waals surface area contributed by atoms with Crippen LogP contribution in [-0.4, -0.2) is 38.8 Å². The molecule has 1 heterocycles. The Kier molecular flexibility index (Phi) is 7.50. The van der Waals surface area contributed by atoms with E-state index in [2.05, 4.69) is 32.6 Å². The van der Waals surface area contributed by atoms with E-state index in [0.717, 1.165) is 16.8 Å². The minimum atomic E-state index is 0.00640. The van der Waals surface area contributed by atoms with Crippen molar-refractivity contribution in [2.24, 2.45) is 0 Å². The molecule has 0 saturated carbocycles. The predicted octanol–water partition coefficient (Wildman–Crippen LogP) is 1.79. The number of hydrogen-bond acceptors (Lipinski definition) is 4. The maximum atomic E-state index is 11.5. The molecule has 0 aliphatic rings. The number of amides is 1. The van der Waals surface area contributed by atoms with Gasteiger partial charge in [-0.05, 0) is 41.4 Å². The van der Waals surface area contributed by atoms with Crippen molar-refractivity contribution in [1.29, 1.82) is 0 Å². The van der Waals surface area contributed by atoms with Gasteiger partial charge in [0.05, 0.1) is 16.9 Å². The molecule has 1 rings (SSSR count). The maximum absolute atomic E-state index is 11.5.